The molecule has 0 atom stereocenters. The predicted octanol–water partition coefficient (Wildman–Crippen LogP) is 3.49. The Morgan fingerprint density at radius 3 is 2.33 bits per heavy atom. The average molecular weight is 501 g/mol. The summed E-state index contributed by atoms with van der Waals surface area (Å²) in [6.45, 7) is 4.56. The van der Waals surface area contributed by atoms with Crippen molar-refractivity contribution in [2.24, 2.45) is 4.99 Å². The topological polar surface area (TPSA) is 65.5 Å². The van der Waals surface area contributed by atoms with Gasteiger partial charge in [-0.2, -0.15) is 0 Å². The van der Waals surface area contributed by atoms with E-state index in [9.17, 15) is 4.79 Å². The normalized spacial score (nSPS) is 10.7. The third-order valence-corrected chi connectivity index (χ3v) is 4.01. The van der Waals surface area contributed by atoms with Crippen LogP contribution < -0.4 is 16.0 Å². The quantitative estimate of drug-likeness (QED) is 0.225. The maximum Gasteiger partial charge on any atom is 0.252 e. The second-order valence-electron chi connectivity index (χ2n) is 5.66. The summed E-state index contributed by atoms with van der Waals surface area (Å²) in [4.78, 5) is 16.7. The van der Waals surface area contributed by atoms with Crippen molar-refractivity contribution in [3.63, 3.8) is 0 Å². The van der Waals surface area contributed by atoms with Crippen LogP contribution in [-0.2, 0) is 6.42 Å². The van der Waals surface area contributed by atoms with Crippen LogP contribution in [0.2, 0.25) is 5.02 Å². The first-order chi connectivity index (χ1) is 12.7. The molecule has 146 valence electrons. The van der Waals surface area contributed by atoms with Gasteiger partial charge in [0, 0.05) is 26.2 Å². The van der Waals surface area contributed by atoms with Crippen molar-refractivity contribution in [1.29, 1.82) is 0 Å². The number of amides is 1. The van der Waals surface area contributed by atoms with Gasteiger partial charge < -0.3 is 16.0 Å². The molecule has 0 heterocycles. The lowest BCUT2D eigenvalue weighted by Crippen LogP contribution is -2.41. The van der Waals surface area contributed by atoms with Crippen LogP contribution in [0.1, 0.15) is 22.8 Å². The molecule has 0 saturated heterocycles. The fourth-order valence-corrected chi connectivity index (χ4v) is 2.60. The first kappa shape index (κ1) is 23.2. The number of carbonyl (C=O) groups is 1. The number of nitrogens with zero attached hydrogens (tertiary/aromatic N) is 1. The van der Waals surface area contributed by atoms with Crippen LogP contribution in [0, 0.1) is 0 Å². The van der Waals surface area contributed by atoms with Crippen molar-refractivity contribution in [1.82, 2.24) is 16.0 Å². The molecule has 0 spiro atoms. The third-order valence-electron chi connectivity index (χ3n) is 3.68. The molecule has 2 rings (SSSR count). The Bertz CT molecular complexity index is 725. The molecule has 3 N–H and O–H groups in total. The zero-order valence-electron chi connectivity index (χ0n) is 15.4. The molecule has 0 aliphatic carbocycles. The van der Waals surface area contributed by atoms with Crippen LogP contribution in [0.15, 0.2) is 59.6 Å². The second kappa shape index (κ2) is 13.4. The fraction of sp³-hybridized carbons (Fsp3) is 0.300. The Morgan fingerprint density at radius 2 is 1.63 bits per heavy atom. The third kappa shape index (κ3) is 8.62. The highest BCUT2D eigenvalue weighted by molar-refractivity contribution is 14.0. The average Bonchev–Trinajstić information content (AvgIpc) is 2.66. The zero-order chi connectivity index (χ0) is 18.6. The summed E-state index contributed by atoms with van der Waals surface area (Å²) in [7, 11) is 0. The van der Waals surface area contributed by atoms with Crippen LogP contribution in [0.3, 0.4) is 0 Å². The van der Waals surface area contributed by atoms with Gasteiger partial charge in [0.15, 0.2) is 5.96 Å². The van der Waals surface area contributed by atoms with Crippen molar-refractivity contribution >= 4 is 47.4 Å². The van der Waals surface area contributed by atoms with Gasteiger partial charge in [-0.25, -0.2) is 0 Å². The lowest BCUT2D eigenvalue weighted by atomic mass is 10.2. The Balaban J connectivity index is 0.00000364. The summed E-state index contributed by atoms with van der Waals surface area (Å²) < 4.78 is 0. The highest BCUT2D eigenvalue weighted by Gasteiger charge is 2.08. The van der Waals surface area contributed by atoms with E-state index in [1.165, 1.54) is 5.56 Å². The molecule has 0 aliphatic heterocycles. The van der Waals surface area contributed by atoms with Crippen molar-refractivity contribution in [2.75, 3.05) is 26.2 Å². The predicted molar refractivity (Wildman–Crippen MR) is 123 cm³/mol. The van der Waals surface area contributed by atoms with E-state index < -0.39 is 0 Å². The highest BCUT2D eigenvalue weighted by Crippen LogP contribution is 2.14. The summed E-state index contributed by atoms with van der Waals surface area (Å²) in [5.41, 5.74) is 1.75. The number of guanidine groups is 1. The SMILES string of the molecule is CCNC(=NCCc1ccccc1)NCCNC(=O)c1ccccc1Cl.I. The Kier molecular flexibility index (Phi) is 11.5. The molecule has 2 aromatic rings. The van der Waals surface area contributed by atoms with Crippen LogP contribution in [0.25, 0.3) is 0 Å². The van der Waals surface area contributed by atoms with Gasteiger partial charge in [0.2, 0.25) is 0 Å². The monoisotopic (exact) mass is 500 g/mol. The van der Waals surface area contributed by atoms with E-state index in [-0.39, 0.29) is 29.9 Å². The molecule has 0 unspecified atom stereocenters. The summed E-state index contributed by atoms with van der Waals surface area (Å²) in [6, 6.07) is 17.3. The Morgan fingerprint density at radius 1 is 0.963 bits per heavy atom. The van der Waals surface area contributed by atoms with E-state index in [4.69, 9.17) is 11.6 Å². The molecule has 0 aliphatic rings. The largest absolute Gasteiger partial charge is 0.357 e. The first-order valence-electron chi connectivity index (χ1n) is 8.79. The van der Waals surface area contributed by atoms with Crippen LogP contribution in [0.4, 0.5) is 0 Å². The van der Waals surface area contributed by atoms with Crippen molar-refractivity contribution in [2.45, 2.75) is 13.3 Å². The van der Waals surface area contributed by atoms with E-state index in [0.29, 0.717) is 30.2 Å². The summed E-state index contributed by atoms with van der Waals surface area (Å²) in [6.07, 6.45) is 0.890. The molecular weight excluding hydrogens is 475 g/mol. The number of hydrogen-bond acceptors (Lipinski definition) is 2. The van der Waals surface area contributed by atoms with Gasteiger partial charge in [0.25, 0.3) is 5.91 Å². The molecule has 0 saturated carbocycles. The summed E-state index contributed by atoms with van der Waals surface area (Å²) in [5, 5.41) is 9.73. The number of carbonyl (C=O) groups excluding carboxylic acids is 1. The number of hydrogen-bond donors (Lipinski definition) is 3. The molecule has 1 amide bonds. The van der Waals surface area contributed by atoms with E-state index >= 15 is 0 Å². The number of aliphatic imine (C=N–C) groups is 1. The summed E-state index contributed by atoms with van der Waals surface area (Å²) >= 11 is 6.03. The van der Waals surface area contributed by atoms with Gasteiger partial charge >= 0.3 is 0 Å². The van der Waals surface area contributed by atoms with Crippen LogP contribution in [-0.4, -0.2) is 38.0 Å². The van der Waals surface area contributed by atoms with Gasteiger partial charge in [-0.05, 0) is 31.0 Å². The van der Waals surface area contributed by atoms with Gasteiger partial charge in [-0.1, -0.05) is 54.1 Å². The smallest absolute Gasteiger partial charge is 0.252 e. The summed E-state index contributed by atoms with van der Waals surface area (Å²) in [5.74, 6) is 0.568. The first-order valence-corrected chi connectivity index (χ1v) is 9.17. The molecule has 0 bridgehead atoms. The number of nitrogens with one attached hydrogen (secondary N) is 3. The molecule has 27 heavy (non-hydrogen) atoms. The lowest BCUT2D eigenvalue weighted by molar-refractivity contribution is 0.0954. The molecule has 7 heteroatoms. The molecule has 0 fully saturated rings. The lowest BCUT2D eigenvalue weighted by Gasteiger charge is -2.12. The van der Waals surface area contributed by atoms with Gasteiger partial charge in [0.05, 0.1) is 10.6 Å². The van der Waals surface area contributed by atoms with Crippen LogP contribution >= 0.6 is 35.6 Å². The minimum Gasteiger partial charge on any atom is -0.357 e. The van der Waals surface area contributed by atoms with E-state index in [1.54, 1.807) is 24.3 Å². The molecule has 0 radical (unpaired) electrons. The van der Waals surface area contributed by atoms with E-state index in [2.05, 4.69) is 33.1 Å². The zero-order valence-corrected chi connectivity index (χ0v) is 18.5. The van der Waals surface area contributed by atoms with Crippen LogP contribution in [0.5, 0.6) is 0 Å². The maximum atomic E-state index is 12.1. The maximum absolute atomic E-state index is 12.1. The number of rotatable bonds is 8. The molecular formula is C20H26ClIN4O. The Hall–Kier alpha value is -1.80. The van der Waals surface area contributed by atoms with Crippen molar-refractivity contribution in [3.8, 4) is 0 Å². The second-order valence-corrected chi connectivity index (χ2v) is 6.07. The fourth-order valence-electron chi connectivity index (χ4n) is 2.38. The standard InChI is InChI=1S/C20H25ClN4O.HI/c1-2-22-20(24-13-12-16-8-4-3-5-9-16)25-15-14-23-19(26)17-10-6-7-11-18(17)21;/h3-11H,2,12-15H2,1H3,(H,23,26)(H2,22,24,25);1H. The van der Waals surface area contributed by atoms with Crippen molar-refractivity contribution < 1.29 is 4.79 Å². The van der Waals surface area contributed by atoms with Gasteiger partial charge in [-0.15, -0.1) is 24.0 Å². The molecule has 2 aromatic carbocycles. The number of benzene rings is 2. The molecule has 0 aromatic heterocycles. The highest BCUT2D eigenvalue weighted by atomic mass is 127. The van der Waals surface area contributed by atoms with Crippen molar-refractivity contribution in [3.05, 3.63) is 70.7 Å². The minimum atomic E-state index is -0.177. The molecule has 5 nitrogen and oxygen atoms in total. The minimum absolute atomic E-state index is 0. The number of halogens is 2. The van der Waals surface area contributed by atoms with Gasteiger partial charge in [0.1, 0.15) is 0 Å². The van der Waals surface area contributed by atoms with Gasteiger partial charge in [-0.3, -0.25) is 9.79 Å². The van der Waals surface area contributed by atoms with E-state index in [1.807, 2.05) is 25.1 Å². The Labute approximate surface area is 183 Å². The van der Waals surface area contributed by atoms with E-state index in [0.717, 1.165) is 18.9 Å².